The number of carbonyl (C=O) groups is 1. The van der Waals surface area contributed by atoms with E-state index in [1.54, 1.807) is 6.33 Å². The molecule has 1 aromatic heterocycles. The Morgan fingerprint density at radius 3 is 3.31 bits per heavy atom. The van der Waals surface area contributed by atoms with Crippen LogP contribution in [0.3, 0.4) is 0 Å². The molecule has 1 aromatic rings. The molecule has 0 aromatic carbocycles. The predicted molar refractivity (Wildman–Crippen MR) is 50.9 cm³/mol. The third-order valence-electron chi connectivity index (χ3n) is 2.27. The molecule has 5 heteroatoms. The molecular weight excluding hydrogens is 186 g/mol. The number of aromatic nitrogens is 2. The van der Waals surface area contributed by atoms with E-state index in [1.165, 1.54) is 11.5 Å². The zero-order valence-corrected chi connectivity index (χ0v) is 8.04. The minimum absolute atomic E-state index is 0.178. The molecule has 2 heterocycles. The second-order valence-corrected chi connectivity index (χ2v) is 3.97. The first-order chi connectivity index (χ1) is 6.40. The number of hydrogen-bond acceptors (Lipinski definition) is 5. The van der Waals surface area contributed by atoms with Gasteiger partial charge in [0, 0.05) is 30.5 Å². The van der Waals surface area contributed by atoms with Crippen LogP contribution in [0.5, 0.6) is 0 Å². The lowest BCUT2D eigenvalue weighted by atomic mass is 10.0. The summed E-state index contributed by atoms with van der Waals surface area (Å²) in [5.41, 5.74) is 0. The highest BCUT2D eigenvalue weighted by atomic mass is 32.1. The van der Waals surface area contributed by atoms with Crippen molar-refractivity contribution in [3.63, 3.8) is 0 Å². The highest BCUT2D eigenvalue weighted by Gasteiger charge is 2.20. The summed E-state index contributed by atoms with van der Waals surface area (Å²) >= 11 is 1.39. The largest absolute Gasteiger partial charge is 0.346 e. The van der Waals surface area contributed by atoms with Crippen molar-refractivity contribution in [2.24, 2.45) is 5.92 Å². The van der Waals surface area contributed by atoms with E-state index >= 15 is 0 Å². The van der Waals surface area contributed by atoms with Gasteiger partial charge in [-0.15, -0.1) is 0 Å². The van der Waals surface area contributed by atoms with E-state index in [0.717, 1.165) is 37.3 Å². The highest BCUT2D eigenvalue weighted by molar-refractivity contribution is 7.09. The van der Waals surface area contributed by atoms with Crippen LogP contribution in [-0.2, 0) is 4.79 Å². The molecule has 0 saturated carbocycles. The smallest absolute Gasteiger partial charge is 0.204 e. The summed E-state index contributed by atoms with van der Waals surface area (Å²) in [6.45, 7) is 1.80. The maximum Gasteiger partial charge on any atom is 0.204 e. The van der Waals surface area contributed by atoms with Crippen LogP contribution >= 0.6 is 11.5 Å². The Hall–Kier alpha value is -0.970. The van der Waals surface area contributed by atoms with Gasteiger partial charge in [-0.3, -0.25) is 0 Å². The van der Waals surface area contributed by atoms with Crippen molar-refractivity contribution in [3.8, 4) is 0 Å². The number of anilines is 1. The summed E-state index contributed by atoms with van der Waals surface area (Å²) in [6.07, 6.45) is 4.69. The van der Waals surface area contributed by atoms with E-state index in [4.69, 9.17) is 0 Å². The van der Waals surface area contributed by atoms with Crippen molar-refractivity contribution in [1.82, 2.24) is 9.36 Å². The lowest BCUT2D eigenvalue weighted by Gasteiger charge is -2.29. The van der Waals surface area contributed by atoms with Crippen LogP contribution < -0.4 is 4.90 Å². The Morgan fingerprint density at radius 1 is 1.69 bits per heavy atom. The minimum Gasteiger partial charge on any atom is -0.346 e. The molecule has 0 bridgehead atoms. The number of aldehydes is 1. The molecule has 1 fully saturated rings. The van der Waals surface area contributed by atoms with Crippen molar-refractivity contribution in [2.45, 2.75) is 12.8 Å². The van der Waals surface area contributed by atoms with Gasteiger partial charge in [-0.25, -0.2) is 4.98 Å². The fraction of sp³-hybridized carbons (Fsp3) is 0.625. The van der Waals surface area contributed by atoms with E-state index in [1.807, 2.05) is 0 Å². The third-order valence-corrected chi connectivity index (χ3v) is 3.00. The molecule has 0 radical (unpaired) electrons. The molecular formula is C8H11N3OS. The van der Waals surface area contributed by atoms with Crippen molar-refractivity contribution < 1.29 is 4.79 Å². The van der Waals surface area contributed by atoms with Gasteiger partial charge in [0.05, 0.1) is 0 Å². The molecule has 2 rings (SSSR count). The fourth-order valence-corrected chi connectivity index (χ4v) is 2.17. The molecule has 0 N–H and O–H groups in total. The van der Waals surface area contributed by atoms with Crippen LogP contribution in [0.2, 0.25) is 0 Å². The number of piperidine rings is 1. The van der Waals surface area contributed by atoms with Gasteiger partial charge in [-0.1, -0.05) is 0 Å². The van der Waals surface area contributed by atoms with Gasteiger partial charge in [0.25, 0.3) is 0 Å². The first kappa shape index (κ1) is 8.62. The van der Waals surface area contributed by atoms with E-state index in [2.05, 4.69) is 14.3 Å². The molecule has 13 heavy (non-hydrogen) atoms. The quantitative estimate of drug-likeness (QED) is 0.662. The van der Waals surface area contributed by atoms with Gasteiger partial charge < -0.3 is 9.69 Å². The first-order valence-corrected chi connectivity index (χ1v) is 5.14. The maximum atomic E-state index is 10.6. The summed E-state index contributed by atoms with van der Waals surface area (Å²) in [7, 11) is 0. The normalized spacial score (nSPS) is 23.1. The molecule has 0 spiro atoms. The van der Waals surface area contributed by atoms with Crippen LogP contribution in [0.15, 0.2) is 6.33 Å². The predicted octanol–water partition coefficient (Wildman–Crippen LogP) is 0.953. The Bertz CT molecular complexity index is 275. The average Bonchev–Trinajstić information content (AvgIpc) is 2.71. The number of rotatable bonds is 2. The molecule has 1 unspecified atom stereocenters. The van der Waals surface area contributed by atoms with Gasteiger partial charge >= 0.3 is 0 Å². The SMILES string of the molecule is O=CC1CCCN(c2ncns2)C1. The minimum atomic E-state index is 0.178. The summed E-state index contributed by atoms with van der Waals surface area (Å²) < 4.78 is 3.95. The molecule has 0 aliphatic carbocycles. The number of nitrogens with zero attached hydrogens (tertiary/aromatic N) is 3. The Balaban J connectivity index is 2.04. The zero-order valence-electron chi connectivity index (χ0n) is 7.22. The molecule has 1 atom stereocenters. The molecule has 1 saturated heterocycles. The van der Waals surface area contributed by atoms with E-state index in [0.29, 0.717) is 0 Å². The first-order valence-electron chi connectivity index (χ1n) is 4.37. The maximum absolute atomic E-state index is 10.6. The van der Waals surface area contributed by atoms with Crippen molar-refractivity contribution in [3.05, 3.63) is 6.33 Å². The van der Waals surface area contributed by atoms with Crippen molar-refractivity contribution >= 4 is 23.0 Å². The van der Waals surface area contributed by atoms with E-state index in [-0.39, 0.29) is 5.92 Å². The van der Waals surface area contributed by atoms with Gasteiger partial charge in [0.1, 0.15) is 12.6 Å². The van der Waals surface area contributed by atoms with Crippen LogP contribution in [-0.4, -0.2) is 28.7 Å². The lowest BCUT2D eigenvalue weighted by Crippen LogP contribution is -2.35. The molecule has 4 nitrogen and oxygen atoms in total. The van der Waals surface area contributed by atoms with Gasteiger partial charge in [0.2, 0.25) is 5.13 Å². The summed E-state index contributed by atoms with van der Waals surface area (Å²) in [5, 5.41) is 0.937. The van der Waals surface area contributed by atoms with Crippen LogP contribution in [0, 0.1) is 5.92 Å². The number of carbonyl (C=O) groups excluding carboxylic acids is 1. The molecule has 70 valence electrons. The monoisotopic (exact) mass is 197 g/mol. The van der Waals surface area contributed by atoms with E-state index < -0.39 is 0 Å². The standard InChI is InChI=1S/C8H11N3OS/c12-5-7-2-1-3-11(4-7)8-9-6-10-13-8/h5-7H,1-4H2. The van der Waals surface area contributed by atoms with Crippen LogP contribution in [0.25, 0.3) is 0 Å². The fourth-order valence-electron chi connectivity index (χ4n) is 1.60. The summed E-state index contributed by atoms with van der Waals surface area (Å²) in [6, 6.07) is 0. The van der Waals surface area contributed by atoms with Gasteiger partial charge in [-0.2, -0.15) is 4.37 Å². The Labute approximate surface area is 80.8 Å². The molecule has 1 aliphatic rings. The summed E-state index contributed by atoms with van der Waals surface area (Å²) in [4.78, 5) is 16.9. The Kier molecular flexibility index (Phi) is 2.54. The topological polar surface area (TPSA) is 46.1 Å². The Morgan fingerprint density at radius 2 is 2.62 bits per heavy atom. The third kappa shape index (κ3) is 1.85. The molecule has 1 aliphatic heterocycles. The van der Waals surface area contributed by atoms with Crippen molar-refractivity contribution in [2.75, 3.05) is 18.0 Å². The zero-order chi connectivity index (χ0) is 9.10. The lowest BCUT2D eigenvalue weighted by molar-refractivity contribution is -0.111. The van der Waals surface area contributed by atoms with Crippen LogP contribution in [0.4, 0.5) is 5.13 Å². The van der Waals surface area contributed by atoms with Gasteiger partial charge in [0.15, 0.2) is 0 Å². The second-order valence-electron chi connectivity index (χ2n) is 3.21. The average molecular weight is 197 g/mol. The van der Waals surface area contributed by atoms with Crippen molar-refractivity contribution in [1.29, 1.82) is 0 Å². The highest BCUT2D eigenvalue weighted by Crippen LogP contribution is 2.22. The van der Waals surface area contributed by atoms with Crippen LogP contribution in [0.1, 0.15) is 12.8 Å². The second kappa shape index (κ2) is 3.83. The van der Waals surface area contributed by atoms with Gasteiger partial charge in [-0.05, 0) is 12.8 Å². The number of hydrogen-bond donors (Lipinski definition) is 0. The molecule has 0 amide bonds. The van der Waals surface area contributed by atoms with E-state index in [9.17, 15) is 4.79 Å². The summed E-state index contributed by atoms with van der Waals surface area (Å²) in [5.74, 6) is 0.178.